The molecule has 0 bridgehead atoms. The maximum absolute atomic E-state index is 4.19. The Morgan fingerprint density at radius 1 is 1.29 bits per heavy atom. The first-order valence-electron chi connectivity index (χ1n) is 7.98. The van der Waals surface area contributed by atoms with Crippen molar-refractivity contribution in [3.8, 4) is 11.3 Å². The molecule has 2 heterocycles. The highest BCUT2D eigenvalue weighted by molar-refractivity contribution is 5.61. The van der Waals surface area contributed by atoms with E-state index in [2.05, 4.69) is 33.5 Å². The van der Waals surface area contributed by atoms with E-state index in [-0.39, 0.29) is 0 Å². The smallest absolute Gasteiger partial charge is 0.0710 e. The fraction of sp³-hybridized carbons (Fsp3) is 0.529. The van der Waals surface area contributed by atoms with Crippen LogP contribution in [-0.2, 0) is 6.54 Å². The van der Waals surface area contributed by atoms with E-state index in [1.165, 1.54) is 31.2 Å². The molecule has 4 heteroatoms. The molecule has 1 fully saturated rings. The quantitative estimate of drug-likeness (QED) is 0.885. The van der Waals surface area contributed by atoms with Crippen molar-refractivity contribution in [1.29, 1.82) is 0 Å². The summed E-state index contributed by atoms with van der Waals surface area (Å²) in [5.74, 6) is 1.68. The maximum Gasteiger partial charge on any atom is 0.0710 e. The maximum atomic E-state index is 4.19. The van der Waals surface area contributed by atoms with Crippen molar-refractivity contribution in [2.24, 2.45) is 11.8 Å². The number of nitrogens with one attached hydrogen (secondary N) is 2. The van der Waals surface area contributed by atoms with Crippen molar-refractivity contribution in [3.05, 3.63) is 36.3 Å². The molecule has 112 valence electrons. The molecule has 2 N–H and O–H groups in total. The highest BCUT2D eigenvalue weighted by Crippen LogP contribution is 2.29. The van der Waals surface area contributed by atoms with Crippen LogP contribution in [0.2, 0.25) is 0 Å². The van der Waals surface area contributed by atoms with Crippen LogP contribution in [0.4, 0.5) is 0 Å². The minimum Gasteiger partial charge on any atom is -0.312 e. The van der Waals surface area contributed by atoms with Gasteiger partial charge in [0.05, 0.1) is 11.9 Å². The van der Waals surface area contributed by atoms with Crippen LogP contribution in [0.3, 0.4) is 0 Å². The summed E-state index contributed by atoms with van der Waals surface area (Å²) in [6, 6.07) is 4.02. The molecule has 1 aliphatic carbocycles. The van der Waals surface area contributed by atoms with Crippen molar-refractivity contribution in [3.63, 3.8) is 0 Å². The summed E-state index contributed by atoms with van der Waals surface area (Å²) in [4.78, 5) is 4.18. The molecule has 0 aromatic carbocycles. The van der Waals surface area contributed by atoms with Crippen LogP contribution in [0.25, 0.3) is 11.3 Å². The Morgan fingerprint density at radius 2 is 2.19 bits per heavy atom. The van der Waals surface area contributed by atoms with Crippen molar-refractivity contribution >= 4 is 0 Å². The van der Waals surface area contributed by atoms with Crippen LogP contribution in [0.1, 0.15) is 38.2 Å². The van der Waals surface area contributed by atoms with E-state index in [0.717, 1.165) is 36.2 Å². The highest BCUT2D eigenvalue weighted by Gasteiger charge is 2.20. The van der Waals surface area contributed by atoms with Crippen LogP contribution in [0, 0.1) is 11.8 Å². The van der Waals surface area contributed by atoms with Crippen molar-refractivity contribution < 1.29 is 0 Å². The molecule has 0 saturated heterocycles. The molecule has 3 rings (SSSR count). The number of hydrogen-bond acceptors (Lipinski definition) is 3. The molecule has 1 aliphatic rings. The topological polar surface area (TPSA) is 53.6 Å². The lowest BCUT2D eigenvalue weighted by atomic mass is 9.80. The summed E-state index contributed by atoms with van der Waals surface area (Å²) < 4.78 is 0. The summed E-state index contributed by atoms with van der Waals surface area (Å²) in [5.41, 5.74) is 3.39. The van der Waals surface area contributed by atoms with E-state index in [0.29, 0.717) is 0 Å². The van der Waals surface area contributed by atoms with E-state index >= 15 is 0 Å². The Kier molecular flexibility index (Phi) is 4.65. The summed E-state index contributed by atoms with van der Waals surface area (Å²) >= 11 is 0. The van der Waals surface area contributed by atoms with E-state index in [1.54, 1.807) is 6.20 Å². The lowest BCUT2D eigenvalue weighted by Crippen LogP contribution is -2.29. The van der Waals surface area contributed by atoms with Gasteiger partial charge < -0.3 is 5.32 Å². The second-order valence-electron chi connectivity index (χ2n) is 6.16. The average Bonchev–Trinajstić information content (AvgIpc) is 2.99. The van der Waals surface area contributed by atoms with E-state index in [1.807, 2.05) is 18.5 Å². The third kappa shape index (κ3) is 3.50. The lowest BCUT2D eigenvalue weighted by molar-refractivity contribution is 0.247. The van der Waals surface area contributed by atoms with Crippen LogP contribution >= 0.6 is 0 Å². The Balaban J connectivity index is 1.58. The summed E-state index contributed by atoms with van der Waals surface area (Å²) in [5, 5.41) is 10.9. The van der Waals surface area contributed by atoms with Crippen LogP contribution in [0.15, 0.2) is 30.7 Å². The number of pyridine rings is 1. The zero-order valence-electron chi connectivity index (χ0n) is 12.7. The van der Waals surface area contributed by atoms with Gasteiger partial charge in [-0.2, -0.15) is 5.10 Å². The van der Waals surface area contributed by atoms with Gasteiger partial charge in [0.2, 0.25) is 0 Å². The van der Waals surface area contributed by atoms with Crippen molar-refractivity contribution in [2.45, 2.75) is 39.2 Å². The zero-order chi connectivity index (χ0) is 14.5. The second-order valence-corrected chi connectivity index (χ2v) is 6.16. The normalized spacial score (nSPS) is 22.3. The molecule has 0 aliphatic heterocycles. The number of aromatic amines is 1. The summed E-state index contributed by atoms with van der Waals surface area (Å²) in [6.45, 7) is 4.37. The third-order valence-corrected chi connectivity index (χ3v) is 4.68. The van der Waals surface area contributed by atoms with Gasteiger partial charge in [-0.25, -0.2) is 0 Å². The van der Waals surface area contributed by atoms with E-state index in [4.69, 9.17) is 0 Å². The van der Waals surface area contributed by atoms with Gasteiger partial charge in [0, 0.05) is 30.1 Å². The van der Waals surface area contributed by atoms with Gasteiger partial charge in [0.25, 0.3) is 0 Å². The first-order valence-corrected chi connectivity index (χ1v) is 7.98. The molecule has 4 nitrogen and oxygen atoms in total. The number of rotatable bonds is 5. The largest absolute Gasteiger partial charge is 0.312 e. The van der Waals surface area contributed by atoms with Gasteiger partial charge in [0.1, 0.15) is 0 Å². The van der Waals surface area contributed by atoms with Gasteiger partial charge in [-0.05, 0) is 36.9 Å². The monoisotopic (exact) mass is 284 g/mol. The third-order valence-electron chi connectivity index (χ3n) is 4.68. The van der Waals surface area contributed by atoms with Crippen molar-refractivity contribution in [1.82, 2.24) is 20.5 Å². The van der Waals surface area contributed by atoms with Crippen LogP contribution < -0.4 is 5.32 Å². The zero-order valence-corrected chi connectivity index (χ0v) is 12.7. The molecule has 0 amide bonds. The molecular formula is C17H24N4. The molecule has 1 saturated carbocycles. The number of aromatic nitrogens is 3. The molecule has 2 aromatic rings. The predicted octanol–water partition coefficient (Wildman–Crippen LogP) is 3.39. The minimum absolute atomic E-state index is 0.826. The van der Waals surface area contributed by atoms with Gasteiger partial charge in [-0.1, -0.05) is 26.2 Å². The SMILES string of the molecule is CC1CCCCC1CNCc1cn[nH]c1-c1cccnc1. The fourth-order valence-electron chi connectivity index (χ4n) is 3.29. The molecular weight excluding hydrogens is 260 g/mol. The first kappa shape index (κ1) is 14.3. The van der Waals surface area contributed by atoms with Crippen molar-refractivity contribution in [2.75, 3.05) is 6.54 Å². The Labute approximate surface area is 126 Å². The van der Waals surface area contributed by atoms with Crippen LogP contribution in [0.5, 0.6) is 0 Å². The molecule has 2 unspecified atom stereocenters. The van der Waals surface area contributed by atoms with Gasteiger partial charge in [-0.15, -0.1) is 0 Å². The summed E-state index contributed by atoms with van der Waals surface area (Å²) in [6.07, 6.45) is 11.1. The second kappa shape index (κ2) is 6.85. The molecule has 2 aromatic heterocycles. The van der Waals surface area contributed by atoms with E-state index in [9.17, 15) is 0 Å². The average molecular weight is 284 g/mol. The van der Waals surface area contributed by atoms with Gasteiger partial charge >= 0.3 is 0 Å². The summed E-state index contributed by atoms with van der Waals surface area (Å²) in [7, 11) is 0. The number of H-pyrrole nitrogens is 1. The van der Waals surface area contributed by atoms with Gasteiger partial charge in [0.15, 0.2) is 0 Å². The molecule has 0 spiro atoms. The number of nitrogens with zero attached hydrogens (tertiary/aromatic N) is 2. The molecule has 21 heavy (non-hydrogen) atoms. The predicted molar refractivity (Wildman–Crippen MR) is 84.6 cm³/mol. The highest BCUT2D eigenvalue weighted by atomic mass is 15.1. The Hall–Kier alpha value is -1.68. The Morgan fingerprint density at radius 3 is 3.00 bits per heavy atom. The molecule has 0 radical (unpaired) electrons. The Bertz CT molecular complexity index is 549. The molecule has 2 atom stereocenters. The number of hydrogen-bond donors (Lipinski definition) is 2. The van der Waals surface area contributed by atoms with E-state index < -0.39 is 0 Å². The minimum atomic E-state index is 0.826. The first-order chi connectivity index (χ1) is 10.3. The van der Waals surface area contributed by atoms with Crippen LogP contribution in [-0.4, -0.2) is 21.7 Å². The fourth-order valence-corrected chi connectivity index (χ4v) is 3.29. The van der Waals surface area contributed by atoms with Gasteiger partial charge in [-0.3, -0.25) is 10.1 Å². The standard InChI is InChI=1S/C17H24N4/c1-13-5-2-3-6-14(13)9-19-11-16-12-20-21-17(16)15-7-4-8-18-10-15/h4,7-8,10,12-14,19H,2-3,5-6,9,11H2,1H3,(H,20,21). The lowest BCUT2D eigenvalue weighted by Gasteiger charge is -2.28.